The van der Waals surface area contributed by atoms with E-state index in [4.69, 9.17) is 4.98 Å². The van der Waals surface area contributed by atoms with E-state index in [1.165, 1.54) is 19.3 Å². The van der Waals surface area contributed by atoms with E-state index in [0.717, 1.165) is 38.9 Å². The SMILES string of the molecule is c1cnc2ccc(-c3c[nH]c4nc(C5CCC5)ncc34)cc2c1. The standard InChI is InChI=1S/C19H16N4/c1-3-12(4-1)18-21-11-16-15(10-22-19(16)23-18)13-6-7-17-14(9-13)5-2-8-20-17/h2,5-12H,1,3-4H2,(H,21,22,23). The van der Waals surface area contributed by atoms with Crippen LogP contribution < -0.4 is 0 Å². The van der Waals surface area contributed by atoms with Crippen LogP contribution in [-0.2, 0) is 0 Å². The molecule has 3 aromatic heterocycles. The van der Waals surface area contributed by atoms with Crippen LogP contribution in [0.5, 0.6) is 0 Å². The molecule has 0 amide bonds. The maximum absolute atomic E-state index is 4.73. The third kappa shape index (κ3) is 2.02. The summed E-state index contributed by atoms with van der Waals surface area (Å²) >= 11 is 0. The molecule has 1 fully saturated rings. The highest BCUT2D eigenvalue weighted by Gasteiger charge is 2.22. The molecule has 1 aliphatic carbocycles. The van der Waals surface area contributed by atoms with Gasteiger partial charge in [-0.1, -0.05) is 18.6 Å². The van der Waals surface area contributed by atoms with E-state index in [-0.39, 0.29) is 0 Å². The maximum atomic E-state index is 4.73. The van der Waals surface area contributed by atoms with Crippen molar-refractivity contribution in [1.82, 2.24) is 19.9 Å². The van der Waals surface area contributed by atoms with Gasteiger partial charge in [0, 0.05) is 40.8 Å². The zero-order chi connectivity index (χ0) is 15.2. The highest BCUT2D eigenvalue weighted by atomic mass is 14.9. The lowest BCUT2D eigenvalue weighted by Gasteiger charge is -2.23. The number of aromatic amines is 1. The van der Waals surface area contributed by atoms with Gasteiger partial charge >= 0.3 is 0 Å². The monoisotopic (exact) mass is 300 g/mol. The highest BCUT2D eigenvalue weighted by Crippen LogP contribution is 2.36. The third-order valence-electron chi connectivity index (χ3n) is 4.84. The van der Waals surface area contributed by atoms with E-state index >= 15 is 0 Å². The molecule has 0 saturated heterocycles. The molecule has 5 rings (SSSR count). The van der Waals surface area contributed by atoms with E-state index in [1.54, 1.807) is 0 Å². The molecule has 1 aliphatic rings. The summed E-state index contributed by atoms with van der Waals surface area (Å²) in [5, 5.41) is 2.22. The lowest BCUT2D eigenvalue weighted by Crippen LogP contribution is -2.12. The topological polar surface area (TPSA) is 54.5 Å². The fraction of sp³-hybridized carbons (Fsp3) is 0.211. The van der Waals surface area contributed by atoms with Gasteiger partial charge in [0.2, 0.25) is 0 Å². The van der Waals surface area contributed by atoms with Crippen LogP contribution in [0.4, 0.5) is 0 Å². The van der Waals surface area contributed by atoms with Crippen molar-refractivity contribution >= 4 is 21.9 Å². The van der Waals surface area contributed by atoms with Gasteiger partial charge in [0.1, 0.15) is 11.5 Å². The van der Waals surface area contributed by atoms with Crippen LogP contribution in [0, 0.1) is 0 Å². The Balaban J connectivity index is 1.63. The van der Waals surface area contributed by atoms with Gasteiger partial charge in [-0.3, -0.25) is 4.98 Å². The second kappa shape index (κ2) is 4.88. The Labute approximate surface area is 133 Å². The molecule has 1 saturated carbocycles. The Bertz CT molecular complexity index is 1010. The fourth-order valence-corrected chi connectivity index (χ4v) is 3.27. The summed E-state index contributed by atoms with van der Waals surface area (Å²) in [6.07, 6.45) is 9.56. The first-order valence-electron chi connectivity index (χ1n) is 8.08. The number of pyridine rings is 1. The molecule has 0 radical (unpaired) electrons. The molecule has 0 spiro atoms. The second-order valence-electron chi connectivity index (χ2n) is 6.23. The van der Waals surface area contributed by atoms with E-state index in [9.17, 15) is 0 Å². The summed E-state index contributed by atoms with van der Waals surface area (Å²) in [5.74, 6) is 1.54. The average Bonchev–Trinajstić information content (AvgIpc) is 2.96. The summed E-state index contributed by atoms with van der Waals surface area (Å²) in [6.45, 7) is 0. The molecular formula is C19H16N4. The molecule has 1 aromatic carbocycles. The van der Waals surface area contributed by atoms with Gasteiger partial charge < -0.3 is 4.98 Å². The first-order valence-corrected chi connectivity index (χ1v) is 8.08. The largest absolute Gasteiger partial charge is 0.345 e. The smallest absolute Gasteiger partial charge is 0.141 e. The molecule has 4 aromatic rings. The Morgan fingerprint density at radius 3 is 2.91 bits per heavy atom. The van der Waals surface area contributed by atoms with Crippen molar-refractivity contribution in [3.63, 3.8) is 0 Å². The molecule has 23 heavy (non-hydrogen) atoms. The van der Waals surface area contributed by atoms with Crippen LogP contribution in [0.3, 0.4) is 0 Å². The molecule has 0 aliphatic heterocycles. The Kier molecular flexibility index (Phi) is 2.71. The zero-order valence-corrected chi connectivity index (χ0v) is 12.7. The first kappa shape index (κ1) is 12.8. The number of benzene rings is 1. The van der Waals surface area contributed by atoms with Crippen molar-refractivity contribution in [2.45, 2.75) is 25.2 Å². The Hall–Kier alpha value is -2.75. The number of rotatable bonds is 2. The number of H-pyrrole nitrogens is 1. The van der Waals surface area contributed by atoms with Crippen molar-refractivity contribution in [3.05, 3.63) is 54.7 Å². The summed E-state index contributed by atoms with van der Waals surface area (Å²) < 4.78 is 0. The summed E-state index contributed by atoms with van der Waals surface area (Å²) in [6, 6.07) is 10.4. The minimum atomic E-state index is 0.554. The van der Waals surface area contributed by atoms with E-state index in [0.29, 0.717) is 5.92 Å². The third-order valence-corrected chi connectivity index (χ3v) is 4.84. The van der Waals surface area contributed by atoms with E-state index in [1.807, 2.05) is 24.7 Å². The van der Waals surface area contributed by atoms with Crippen molar-refractivity contribution in [3.8, 4) is 11.1 Å². The lowest BCUT2D eigenvalue weighted by atomic mass is 9.85. The van der Waals surface area contributed by atoms with Gasteiger partial charge in [-0.2, -0.15) is 0 Å². The number of hydrogen-bond acceptors (Lipinski definition) is 3. The number of nitrogens with one attached hydrogen (secondary N) is 1. The molecule has 4 nitrogen and oxygen atoms in total. The molecule has 0 unspecified atom stereocenters. The van der Waals surface area contributed by atoms with Gasteiger partial charge in [-0.05, 0) is 36.6 Å². The minimum Gasteiger partial charge on any atom is -0.345 e. The molecule has 1 N–H and O–H groups in total. The molecule has 3 heterocycles. The van der Waals surface area contributed by atoms with Crippen molar-refractivity contribution < 1.29 is 0 Å². The van der Waals surface area contributed by atoms with Crippen LogP contribution in [0.2, 0.25) is 0 Å². The number of aromatic nitrogens is 4. The normalized spacial score (nSPS) is 15.1. The van der Waals surface area contributed by atoms with Crippen molar-refractivity contribution in [2.75, 3.05) is 0 Å². The van der Waals surface area contributed by atoms with Crippen molar-refractivity contribution in [2.24, 2.45) is 0 Å². The van der Waals surface area contributed by atoms with Gasteiger partial charge in [0.15, 0.2) is 0 Å². The van der Waals surface area contributed by atoms with E-state index < -0.39 is 0 Å². The fourth-order valence-electron chi connectivity index (χ4n) is 3.27. The molecule has 0 bridgehead atoms. The van der Waals surface area contributed by atoms with E-state index in [2.05, 4.69) is 39.2 Å². The van der Waals surface area contributed by atoms with Gasteiger partial charge in [-0.15, -0.1) is 0 Å². The van der Waals surface area contributed by atoms with Crippen LogP contribution >= 0.6 is 0 Å². The van der Waals surface area contributed by atoms with Crippen molar-refractivity contribution in [1.29, 1.82) is 0 Å². The lowest BCUT2D eigenvalue weighted by molar-refractivity contribution is 0.402. The molecule has 4 heteroatoms. The number of nitrogens with zero attached hydrogens (tertiary/aromatic N) is 3. The molecular weight excluding hydrogens is 284 g/mol. The predicted molar refractivity (Wildman–Crippen MR) is 91.2 cm³/mol. The Morgan fingerprint density at radius 2 is 2.04 bits per heavy atom. The number of hydrogen-bond donors (Lipinski definition) is 1. The molecule has 112 valence electrons. The average molecular weight is 300 g/mol. The van der Waals surface area contributed by atoms with Gasteiger partial charge in [0.25, 0.3) is 0 Å². The van der Waals surface area contributed by atoms with Gasteiger partial charge in [-0.25, -0.2) is 9.97 Å². The summed E-state index contributed by atoms with van der Waals surface area (Å²) in [7, 11) is 0. The Morgan fingerprint density at radius 1 is 1.09 bits per heavy atom. The van der Waals surface area contributed by atoms with Crippen LogP contribution in [0.15, 0.2) is 48.9 Å². The van der Waals surface area contributed by atoms with Gasteiger partial charge in [0.05, 0.1) is 5.52 Å². The second-order valence-corrected chi connectivity index (χ2v) is 6.23. The van der Waals surface area contributed by atoms with Crippen LogP contribution in [0.25, 0.3) is 33.1 Å². The predicted octanol–water partition coefficient (Wildman–Crippen LogP) is 4.44. The quantitative estimate of drug-likeness (QED) is 0.595. The zero-order valence-electron chi connectivity index (χ0n) is 12.7. The van der Waals surface area contributed by atoms with Crippen LogP contribution in [-0.4, -0.2) is 19.9 Å². The first-order chi connectivity index (χ1) is 11.4. The highest BCUT2D eigenvalue weighted by molar-refractivity contribution is 5.95. The molecule has 0 atom stereocenters. The summed E-state index contributed by atoms with van der Waals surface area (Å²) in [5.41, 5.74) is 4.26. The summed E-state index contributed by atoms with van der Waals surface area (Å²) in [4.78, 5) is 17.0. The minimum absolute atomic E-state index is 0.554. The van der Waals surface area contributed by atoms with Crippen LogP contribution in [0.1, 0.15) is 31.0 Å². The maximum Gasteiger partial charge on any atom is 0.141 e. The number of fused-ring (bicyclic) bond motifs is 2.